The summed E-state index contributed by atoms with van der Waals surface area (Å²) in [5.41, 5.74) is -0.203. The Balaban J connectivity index is 2.73. The van der Waals surface area contributed by atoms with Crippen molar-refractivity contribution in [2.75, 3.05) is 20.1 Å². The Morgan fingerprint density at radius 3 is 2.71 bits per heavy atom. The molecule has 0 spiro atoms. The number of ketones is 1. The van der Waals surface area contributed by atoms with Crippen LogP contribution >= 0.6 is 0 Å². The number of phenols is 1. The third kappa shape index (κ3) is 4.07. The van der Waals surface area contributed by atoms with E-state index in [0.29, 0.717) is 0 Å². The molecule has 0 aromatic heterocycles. The van der Waals surface area contributed by atoms with Crippen LogP contribution in [0.1, 0.15) is 10.4 Å². The Morgan fingerprint density at radius 1 is 1.47 bits per heavy atom. The van der Waals surface area contributed by atoms with Crippen LogP contribution in [0.15, 0.2) is 18.2 Å². The number of nitrogens with zero attached hydrogens (tertiary/aromatic N) is 1. The van der Waals surface area contributed by atoms with E-state index in [9.17, 15) is 23.1 Å². The van der Waals surface area contributed by atoms with Crippen LogP contribution < -0.4 is 0 Å². The van der Waals surface area contributed by atoms with Gasteiger partial charge in [0.15, 0.2) is 5.78 Å². The summed E-state index contributed by atoms with van der Waals surface area (Å²) >= 11 is 0. The highest BCUT2D eigenvalue weighted by Gasteiger charge is 2.16. The molecule has 17 heavy (non-hydrogen) atoms. The summed E-state index contributed by atoms with van der Waals surface area (Å²) in [7, 11) is 1.35. The van der Waals surface area contributed by atoms with Crippen molar-refractivity contribution in [3.05, 3.63) is 29.6 Å². The molecule has 1 N–H and O–H groups in total. The fraction of sp³-hybridized carbons (Fsp3) is 0.364. The maximum Gasteiger partial charge on any atom is 0.251 e. The normalized spacial score (nSPS) is 11.2. The molecule has 0 unspecified atom stereocenters. The maximum absolute atomic E-state index is 12.9. The van der Waals surface area contributed by atoms with Gasteiger partial charge < -0.3 is 5.11 Å². The van der Waals surface area contributed by atoms with E-state index in [2.05, 4.69) is 0 Å². The first-order valence-corrected chi connectivity index (χ1v) is 4.88. The molecule has 0 aliphatic carbocycles. The maximum atomic E-state index is 12.9. The standard InChI is InChI=1S/C11H12F3NO2/c1-15(6-11(13)14)5-10(17)8-4-7(12)2-3-9(8)16/h2-4,11,16H,5-6H2,1H3. The molecular formula is C11H12F3NO2. The van der Waals surface area contributed by atoms with Crippen LogP contribution in [0.2, 0.25) is 0 Å². The zero-order valence-electron chi connectivity index (χ0n) is 9.16. The Bertz CT molecular complexity index is 410. The van der Waals surface area contributed by atoms with Gasteiger partial charge >= 0.3 is 0 Å². The molecule has 94 valence electrons. The SMILES string of the molecule is CN(CC(=O)c1cc(F)ccc1O)CC(F)F. The van der Waals surface area contributed by atoms with Crippen molar-refractivity contribution in [1.29, 1.82) is 0 Å². The van der Waals surface area contributed by atoms with Gasteiger partial charge in [0.2, 0.25) is 0 Å². The van der Waals surface area contributed by atoms with Crippen LogP contribution in [0.5, 0.6) is 5.75 Å². The molecule has 0 radical (unpaired) electrons. The minimum atomic E-state index is -2.55. The van der Waals surface area contributed by atoms with Gasteiger partial charge in [-0.15, -0.1) is 0 Å². The lowest BCUT2D eigenvalue weighted by molar-refractivity contribution is 0.0818. The van der Waals surface area contributed by atoms with Gasteiger partial charge in [0, 0.05) is 0 Å². The van der Waals surface area contributed by atoms with Crippen LogP contribution in [-0.2, 0) is 0 Å². The Labute approximate surface area is 96.5 Å². The van der Waals surface area contributed by atoms with Crippen molar-refractivity contribution >= 4 is 5.78 Å². The van der Waals surface area contributed by atoms with E-state index in [0.717, 1.165) is 23.1 Å². The summed E-state index contributed by atoms with van der Waals surface area (Å²) in [5, 5.41) is 9.35. The third-order valence-corrected chi connectivity index (χ3v) is 2.12. The molecule has 1 aromatic rings. The lowest BCUT2D eigenvalue weighted by Gasteiger charge is -2.15. The summed E-state index contributed by atoms with van der Waals surface area (Å²) in [4.78, 5) is 12.7. The van der Waals surface area contributed by atoms with Crippen molar-refractivity contribution in [2.24, 2.45) is 0 Å². The summed E-state index contributed by atoms with van der Waals surface area (Å²) in [6, 6.07) is 2.94. The van der Waals surface area contributed by atoms with Gasteiger partial charge in [0.05, 0.1) is 18.7 Å². The highest BCUT2D eigenvalue weighted by molar-refractivity contribution is 5.99. The topological polar surface area (TPSA) is 40.5 Å². The van der Waals surface area contributed by atoms with E-state index in [4.69, 9.17) is 0 Å². The van der Waals surface area contributed by atoms with Gasteiger partial charge in [-0.05, 0) is 25.2 Å². The number of carbonyl (C=O) groups excluding carboxylic acids is 1. The van der Waals surface area contributed by atoms with Crippen LogP contribution in [0.4, 0.5) is 13.2 Å². The number of aromatic hydroxyl groups is 1. The monoisotopic (exact) mass is 247 g/mol. The number of likely N-dealkylation sites (N-methyl/N-ethyl adjacent to an activating group) is 1. The average molecular weight is 247 g/mol. The first-order chi connectivity index (χ1) is 7.90. The zero-order chi connectivity index (χ0) is 13.0. The second kappa shape index (κ2) is 5.67. The van der Waals surface area contributed by atoms with Crippen molar-refractivity contribution < 1.29 is 23.1 Å². The first kappa shape index (κ1) is 13.5. The smallest absolute Gasteiger partial charge is 0.251 e. The Hall–Kier alpha value is -1.56. The molecule has 0 amide bonds. The molecule has 0 heterocycles. The summed E-state index contributed by atoms with van der Waals surface area (Å²) < 4.78 is 36.9. The minimum absolute atomic E-state index is 0.203. The van der Waals surface area contributed by atoms with E-state index in [1.165, 1.54) is 7.05 Å². The number of halogens is 3. The average Bonchev–Trinajstić information content (AvgIpc) is 2.20. The van der Waals surface area contributed by atoms with Crippen molar-refractivity contribution in [2.45, 2.75) is 6.43 Å². The number of phenolic OH excluding ortho intramolecular Hbond substituents is 1. The summed E-state index contributed by atoms with van der Waals surface area (Å²) in [5.74, 6) is -1.63. The highest BCUT2D eigenvalue weighted by atomic mass is 19.3. The molecule has 3 nitrogen and oxygen atoms in total. The zero-order valence-corrected chi connectivity index (χ0v) is 9.16. The van der Waals surface area contributed by atoms with E-state index >= 15 is 0 Å². The van der Waals surface area contributed by atoms with Gasteiger partial charge in [-0.25, -0.2) is 13.2 Å². The number of benzene rings is 1. The van der Waals surface area contributed by atoms with E-state index in [1.807, 2.05) is 0 Å². The molecule has 0 aliphatic rings. The molecule has 0 bridgehead atoms. The molecule has 0 fully saturated rings. The molecule has 1 aromatic carbocycles. The van der Waals surface area contributed by atoms with Crippen molar-refractivity contribution in [1.82, 2.24) is 4.90 Å². The summed E-state index contributed by atoms with van der Waals surface area (Å²) in [6.45, 7) is -0.858. The molecule has 0 atom stereocenters. The molecule has 0 saturated heterocycles. The van der Waals surface area contributed by atoms with Crippen LogP contribution in [0.25, 0.3) is 0 Å². The number of Topliss-reactive ketones (excluding diaryl/α,β-unsaturated/α-hetero) is 1. The van der Waals surface area contributed by atoms with Gasteiger partial charge in [-0.1, -0.05) is 0 Å². The van der Waals surface area contributed by atoms with Crippen LogP contribution in [-0.4, -0.2) is 42.4 Å². The van der Waals surface area contributed by atoms with E-state index in [1.54, 1.807) is 0 Å². The fourth-order valence-electron chi connectivity index (χ4n) is 1.36. The highest BCUT2D eigenvalue weighted by Crippen LogP contribution is 2.18. The van der Waals surface area contributed by atoms with Gasteiger partial charge in [-0.2, -0.15) is 0 Å². The van der Waals surface area contributed by atoms with Crippen LogP contribution in [0, 0.1) is 5.82 Å². The minimum Gasteiger partial charge on any atom is -0.507 e. The molecule has 6 heteroatoms. The Morgan fingerprint density at radius 2 is 2.12 bits per heavy atom. The van der Waals surface area contributed by atoms with Gasteiger partial charge in [-0.3, -0.25) is 9.69 Å². The van der Waals surface area contributed by atoms with Gasteiger partial charge in [0.1, 0.15) is 11.6 Å². The Kier molecular flexibility index (Phi) is 4.51. The van der Waals surface area contributed by atoms with Gasteiger partial charge in [0.25, 0.3) is 6.43 Å². The quantitative estimate of drug-likeness (QED) is 0.808. The lowest BCUT2D eigenvalue weighted by atomic mass is 10.1. The fourth-order valence-corrected chi connectivity index (χ4v) is 1.36. The second-order valence-electron chi connectivity index (χ2n) is 3.67. The predicted molar refractivity (Wildman–Crippen MR) is 55.9 cm³/mol. The lowest BCUT2D eigenvalue weighted by Crippen LogP contribution is -2.30. The summed E-state index contributed by atoms with van der Waals surface area (Å²) in [6.07, 6.45) is -2.55. The molecule has 1 rings (SSSR count). The second-order valence-corrected chi connectivity index (χ2v) is 3.67. The first-order valence-electron chi connectivity index (χ1n) is 4.88. The predicted octanol–water partition coefficient (Wildman–Crippen LogP) is 1.91. The number of alkyl halides is 2. The largest absolute Gasteiger partial charge is 0.507 e. The molecule has 0 saturated carbocycles. The number of hydrogen-bond acceptors (Lipinski definition) is 3. The van der Waals surface area contributed by atoms with Crippen LogP contribution in [0.3, 0.4) is 0 Å². The third-order valence-electron chi connectivity index (χ3n) is 2.12. The number of rotatable bonds is 5. The molecular weight excluding hydrogens is 235 g/mol. The number of hydrogen-bond donors (Lipinski definition) is 1. The van der Waals surface area contributed by atoms with Crippen molar-refractivity contribution in [3.63, 3.8) is 0 Å². The van der Waals surface area contributed by atoms with Crippen molar-refractivity contribution in [3.8, 4) is 5.75 Å². The molecule has 0 aliphatic heterocycles. The van der Waals surface area contributed by atoms with E-state index < -0.39 is 24.6 Å². The number of carbonyl (C=O) groups is 1. The van der Waals surface area contributed by atoms with E-state index in [-0.39, 0.29) is 17.9 Å².